The van der Waals surface area contributed by atoms with Crippen LogP contribution >= 0.6 is 0 Å². The Morgan fingerprint density at radius 2 is 1.69 bits per heavy atom. The fourth-order valence-corrected chi connectivity index (χ4v) is 3.94. The summed E-state index contributed by atoms with van der Waals surface area (Å²) < 4.78 is 11.5. The molecule has 0 radical (unpaired) electrons. The Hall–Kier alpha value is -2.50. The number of nitrogens with zero attached hydrogens (tertiary/aromatic N) is 3. The molecule has 0 amide bonds. The summed E-state index contributed by atoms with van der Waals surface area (Å²) in [5.74, 6) is 1.33. The molecule has 1 aliphatic heterocycles. The molecule has 0 unspecified atom stereocenters. The van der Waals surface area contributed by atoms with Gasteiger partial charge in [0.05, 0.1) is 18.6 Å². The predicted octanol–water partition coefficient (Wildman–Crippen LogP) is 4.64. The van der Waals surface area contributed by atoms with Gasteiger partial charge in [-0.1, -0.05) is 65.8 Å². The lowest BCUT2D eigenvalue weighted by atomic mass is 9.91. The number of hydrogen-bond donors (Lipinski definition) is 0. The molecule has 4 rings (SSSR count). The van der Waals surface area contributed by atoms with Crippen LogP contribution in [0.5, 0.6) is 0 Å². The third-order valence-corrected chi connectivity index (χ3v) is 5.52. The Kier molecular flexibility index (Phi) is 6.70. The van der Waals surface area contributed by atoms with Gasteiger partial charge in [0.2, 0.25) is 5.89 Å². The van der Waals surface area contributed by atoms with Crippen LogP contribution < -0.4 is 0 Å². The van der Waals surface area contributed by atoms with E-state index in [2.05, 4.69) is 41.4 Å². The largest absolute Gasteiger partial charge is 0.378 e. The van der Waals surface area contributed by atoms with Crippen molar-refractivity contribution in [2.45, 2.75) is 44.2 Å². The minimum absolute atomic E-state index is 0.0316. The van der Waals surface area contributed by atoms with Crippen molar-refractivity contribution in [1.82, 2.24) is 15.0 Å². The molecule has 3 aromatic rings. The maximum Gasteiger partial charge on any atom is 0.240 e. The molecule has 0 bridgehead atoms. The smallest absolute Gasteiger partial charge is 0.240 e. The second-order valence-corrected chi connectivity index (χ2v) is 7.82. The maximum absolute atomic E-state index is 5.83. The molecule has 1 fully saturated rings. The van der Waals surface area contributed by atoms with E-state index in [0.717, 1.165) is 30.7 Å². The molecular weight excluding hydrogens is 362 g/mol. The van der Waals surface area contributed by atoms with Crippen molar-refractivity contribution in [3.63, 3.8) is 0 Å². The molecule has 1 aromatic heterocycles. The molecule has 5 heteroatoms. The highest BCUT2D eigenvalue weighted by molar-refractivity contribution is 5.37. The highest BCUT2D eigenvalue weighted by Gasteiger charge is 2.23. The topological polar surface area (TPSA) is 51.4 Å². The van der Waals surface area contributed by atoms with Crippen molar-refractivity contribution in [2.24, 2.45) is 0 Å². The summed E-state index contributed by atoms with van der Waals surface area (Å²) in [6, 6.07) is 20.7. The summed E-state index contributed by atoms with van der Waals surface area (Å²) in [7, 11) is 2.10. The molecule has 152 valence electrons. The number of ether oxygens (including phenoxy) is 1. The van der Waals surface area contributed by atoms with Crippen molar-refractivity contribution in [1.29, 1.82) is 0 Å². The lowest BCUT2D eigenvalue weighted by Crippen LogP contribution is -2.26. The van der Waals surface area contributed by atoms with E-state index in [1.165, 1.54) is 19.3 Å². The summed E-state index contributed by atoms with van der Waals surface area (Å²) in [4.78, 5) is 6.98. The number of rotatable bonds is 8. The van der Waals surface area contributed by atoms with E-state index in [-0.39, 0.29) is 5.92 Å². The normalized spacial score (nSPS) is 17.1. The van der Waals surface area contributed by atoms with Crippen LogP contribution in [0.25, 0.3) is 0 Å². The number of aromatic nitrogens is 2. The first-order chi connectivity index (χ1) is 14.3. The summed E-state index contributed by atoms with van der Waals surface area (Å²) >= 11 is 0. The molecule has 5 nitrogen and oxygen atoms in total. The standard InChI is InChI=1S/C24H29N3O2/c1-27(16-15-21-14-8-9-17-28-21)18-22-25-24(26-29-22)23(19-10-4-2-5-11-19)20-12-6-3-7-13-20/h2-7,10-13,21,23H,8-9,14-18H2,1H3/t21-/m0/s1. The Balaban J connectivity index is 1.44. The van der Waals surface area contributed by atoms with Gasteiger partial charge < -0.3 is 9.26 Å². The zero-order valence-corrected chi connectivity index (χ0v) is 17.0. The van der Waals surface area contributed by atoms with E-state index < -0.39 is 0 Å². The van der Waals surface area contributed by atoms with Gasteiger partial charge in [-0.25, -0.2) is 0 Å². The first kappa shape index (κ1) is 19.8. The first-order valence-electron chi connectivity index (χ1n) is 10.5. The Morgan fingerprint density at radius 3 is 2.31 bits per heavy atom. The summed E-state index contributed by atoms with van der Waals surface area (Å²) in [5.41, 5.74) is 2.32. The third kappa shape index (κ3) is 5.31. The second-order valence-electron chi connectivity index (χ2n) is 7.82. The lowest BCUT2D eigenvalue weighted by molar-refractivity contribution is 0.00602. The molecule has 0 spiro atoms. The minimum atomic E-state index is -0.0316. The lowest BCUT2D eigenvalue weighted by Gasteiger charge is -2.24. The summed E-state index contributed by atoms with van der Waals surface area (Å²) in [5, 5.41) is 4.33. The number of hydrogen-bond acceptors (Lipinski definition) is 5. The molecule has 29 heavy (non-hydrogen) atoms. The van der Waals surface area contributed by atoms with Crippen molar-refractivity contribution in [3.8, 4) is 0 Å². The van der Waals surface area contributed by atoms with Crippen LogP contribution in [-0.2, 0) is 11.3 Å². The Bertz CT molecular complexity index is 821. The molecule has 1 atom stereocenters. The fraction of sp³-hybridized carbons (Fsp3) is 0.417. The van der Waals surface area contributed by atoms with Crippen LogP contribution in [0.2, 0.25) is 0 Å². The zero-order valence-electron chi connectivity index (χ0n) is 17.0. The van der Waals surface area contributed by atoms with E-state index >= 15 is 0 Å². The van der Waals surface area contributed by atoms with Gasteiger partial charge in [-0.2, -0.15) is 4.98 Å². The van der Waals surface area contributed by atoms with Crippen molar-refractivity contribution < 1.29 is 9.26 Å². The number of benzene rings is 2. The van der Waals surface area contributed by atoms with Gasteiger partial charge >= 0.3 is 0 Å². The first-order valence-corrected chi connectivity index (χ1v) is 10.5. The van der Waals surface area contributed by atoms with Crippen LogP contribution in [0.1, 0.15) is 54.4 Å². The van der Waals surface area contributed by atoms with Gasteiger partial charge in [0.15, 0.2) is 5.82 Å². The van der Waals surface area contributed by atoms with Crippen molar-refractivity contribution >= 4 is 0 Å². The van der Waals surface area contributed by atoms with Gasteiger partial charge in [0.1, 0.15) is 0 Å². The minimum Gasteiger partial charge on any atom is -0.378 e. The monoisotopic (exact) mass is 391 g/mol. The molecule has 1 aliphatic rings. The van der Waals surface area contributed by atoms with Crippen molar-refractivity contribution in [2.75, 3.05) is 20.2 Å². The van der Waals surface area contributed by atoms with E-state index in [0.29, 0.717) is 24.4 Å². The van der Waals surface area contributed by atoms with Crippen molar-refractivity contribution in [3.05, 3.63) is 83.5 Å². The highest BCUT2D eigenvalue weighted by atomic mass is 16.5. The molecule has 0 N–H and O–H groups in total. The van der Waals surface area contributed by atoms with E-state index in [1.54, 1.807) is 0 Å². The van der Waals surface area contributed by atoms with Gasteiger partial charge in [-0.3, -0.25) is 4.90 Å². The fourth-order valence-electron chi connectivity index (χ4n) is 3.94. The molecule has 1 saturated heterocycles. The van der Waals surface area contributed by atoms with E-state index in [4.69, 9.17) is 14.2 Å². The molecular formula is C24H29N3O2. The highest BCUT2D eigenvalue weighted by Crippen LogP contribution is 2.30. The molecule has 0 aliphatic carbocycles. The SMILES string of the molecule is CN(CC[C@@H]1CCCCO1)Cc1nc(C(c2ccccc2)c2ccccc2)no1. The quantitative estimate of drug-likeness (QED) is 0.560. The van der Waals surface area contributed by atoms with Crippen LogP contribution in [0.4, 0.5) is 0 Å². The Labute approximate surface area is 172 Å². The average molecular weight is 392 g/mol. The second kappa shape index (κ2) is 9.81. The Morgan fingerprint density at radius 1 is 1.00 bits per heavy atom. The molecule has 2 aromatic carbocycles. The van der Waals surface area contributed by atoms with Gasteiger partial charge in [-0.15, -0.1) is 0 Å². The molecule has 2 heterocycles. The molecule has 0 saturated carbocycles. The predicted molar refractivity (Wildman–Crippen MR) is 113 cm³/mol. The average Bonchev–Trinajstić information content (AvgIpc) is 3.22. The summed E-state index contributed by atoms with van der Waals surface area (Å²) in [6.45, 7) is 2.51. The van der Waals surface area contributed by atoms with E-state index in [1.807, 2.05) is 36.4 Å². The summed E-state index contributed by atoms with van der Waals surface area (Å²) in [6.07, 6.45) is 5.09. The van der Waals surface area contributed by atoms with Crippen LogP contribution in [0.3, 0.4) is 0 Å². The van der Waals surface area contributed by atoms with Gasteiger partial charge in [-0.05, 0) is 43.9 Å². The van der Waals surface area contributed by atoms with Crippen LogP contribution in [0.15, 0.2) is 65.2 Å². The van der Waals surface area contributed by atoms with Crippen LogP contribution in [0, 0.1) is 0 Å². The third-order valence-electron chi connectivity index (χ3n) is 5.52. The van der Waals surface area contributed by atoms with E-state index in [9.17, 15) is 0 Å². The zero-order chi connectivity index (χ0) is 19.9. The maximum atomic E-state index is 5.83. The van der Waals surface area contributed by atoms with Gasteiger partial charge in [0.25, 0.3) is 0 Å². The van der Waals surface area contributed by atoms with Gasteiger partial charge in [0, 0.05) is 13.2 Å². The van der Waals surface area contributed by atoms with Crippen LogP contribution in [-0.4, -0.2) is 41.3 Å².